The van der Waals surface area contributed by atoms with Crippen molar-refractivity contribution in [2.24, 2.45) is 0 Å². The maximum absolute atomic E-state index is 14.1. The van der Waals surface area contributed by atoms with Gasteiger partial charge in [0.25, 0.3) is 5.91 Å². The molecule has 3 aromatic rings. The van der Waals surface area contributed by atoms with Gasteiger partial charge in [0.2, 0.25) is 0 Å². The van der Waals surface area contributed by atoms with Crippen LogP contribution in [-0.4, -0.2) is 75.0 Å². The standard InChI is InChI=1S/C30H38N4O3/c1-22-8-7-9-25(20-22)21-34-24(3)28(32-16-18-37-19-17-32)23(2)29(34)30(35)33-14-12-31(13-15-33)26-10-5-6-11-27(26)36-4/h5-11,20H,12-19,21H2,1-4H3. The van der Waals surface area contributed by atoms with Crippen LogP contribution in [0.15, 0.2) is 48.5 Å². The summed E-state index contributed by atoms with van der Waals surface area (Å²) in [7, 11) is 1.71. The number of carbonyl (C=O) groups excluding carboxylic acids is 1. The summed E-state index contributed by atoms with van der Waals surface area (Å²) in [5.41, 5.74) is 7.75. The van der Waals surface area contributed by atoms with Gasteiger partial charge >= 0.3 is 0 Å². The van der Waals surface area contributed by atoms with Crippen LogP contribution in [0.1, 0.15) is 32.9 Å². The zero-order valence-electron chi connectivity index (χ0n) is 22.5. The highest BCUT2D eigenvalue weighted by Crippen LogP contribution is 2.34. The fourth-order valence-corrected chi connectivity index (χ4v) is 5.79. The predicted octanol–water partition coefficient (Wildman–Crippen LogP) is 4.27. The Balaban J connectivity index is 1.44. The number of ether oxygens (including phenoxy) is 2. The van der Waals surface area contributed by atoms with E-state index in [2.05, 4.69) is 65.5 Å². The minimum atomic E-state index is 0.118. The third kappa shape index (κ3) is 5.05. The molecule has 0 aliphatic carbocycles. The van der Waals surface area contributed by atoms with Gasteiger partial charge in [-0.25, -0.2) is 0 Å². The average Bonchev–Trinajstić information content (AvgIpc) is 3.17. The molecule has 0 radical (unpaired) electrons. The van der Waals surface area contributed by atoms with E-state index in [4.69, 9.17) is 9.47 Å². The second-order valence-electron chi connectivity index (χ2n) is 10.0. The second kappa shape index (κ2) is 10.9. The molecule has 2 aliphatic rings. The van der Waals surface area contributed by atoms with E-state index in [1.807, 2.05) is 23.1 Å². The number of benzene rings is 2. The number of aryl methyl sites for hydroxylation is 1. The lowest BCUT2D eigenvalue weighted by molar-refractivity contribution is 0.0735. The lowest BCUT2D eigenvalue weighted by atomic mass is 10.1. The van der Waals surface area contributed by atoms with Gasteiger partial charge in [-0.05, 0) is 38.5 Å². The van der Waals surface area contributed by atoms with Crippen LogP contribution in [0, 0.1) is 20.8 Å². The van der Waals surface area contributed by atoms with Crippen molar-refractivity contribution in [3.8, 4) is 5.75 Å². The SMILES string of the molecule is COc1ccccc1N1CCN(C(=O)c2c(C)c(N3CCOCC3)c(C)n2Cc2cccc(C)c2)CC1. The first-order valence-electron chi connectivity index (χ1n) is 13.2. The third-order valence-corrected chi connectivity index (χ3v) is 7.67. The van der Waals surface area contributed by atoms with E-state index in [1.54, 1.807) is 7.11 Å². The Kier molecular flexibility index (Phi) is 7.42. The number of hydrogen-bond acceptors (Lipinski definition) is 5. The van der Waals surface area contributed by atoms with Crippen LogP contribution in [0.2, 0.25) is 0 Å². The minimum Gasteiger partial charge on any atom is -0.495 e. The van der Waals surface area contributed by atoms with Crippen molar-refractivity contribution in [2.45, 2.75) is 27.3 Å². The monoisotopic (exact) mass is 502 g/mol. The lowest BCUT2D eigenvalue weighted by Gasteiger charge is -2.37. The molecular formula is C30H38N4O3. The average molecular weight is 503 g/mol. The highest BCUT2D eigenvalue weighted by atomic mass is 16.5. The Morgan fingerprint density at radius 3 is 2.32 bits per heavy atom. The summed E-state index contributed by atoms with van der Waals surface area (Å²) in [6.45, 7) is 13.1. The van der Waals surface area contributed by atoms with E-state index in [1.165, 1.54) is 16.8 Å². The number of morpholine rings is 1. The number of amides is 1. The third-order valence-electron chi connectivity index (χ3n) is 7.67. The summed E-state index contributed by atoms with van der Waals surface area (Å²) in [6.07, 6.45) is 0. The van der Waals surface area contributed by atoms with E-state index in [9.17, 15) is 4.79 Å². The molecule has 0 saturated carbocycles. The van der Waals surface area contributed by atoms with Crippen LogP contribution in [0.3, 0.4) is 0 Å². The molecule has 1 aromatic heterocycles. The summed E-state index contributed by atoms with van der Waals surface area (Å²) in [5.74, 6) is 0.989. The summed E-state index contributed by atoms with van der Waals surface area (Å²) in [4.78, 5) is 20.8. The number of rotatable bonds is 6. The molecule has 0 bridgehead atoms. The van der Waals surface area contributed by atoms with Crippen LogP contribution in [-0.2, 0) is 11.3 Å². The lowest BCUT2D eigenvalue weighted by Crippen LogP contribution is -2.49. The van der Waals surface area contributed by atoms with Gasteiger partial charge in [-0.1, -0.05) is 42.0 Å². The molecule has 7 heteroatoms. The van der Waals surface area contributed by atoms with Crippen molar-refractivity contribution >= 4 is 17.3 Å². The Morgan fingerprint density at radius 2 is 1.62 bits per heavy atom. The van der Waals surface area contributed by atoms with Gasteiger partial charge in [0.15, 0.2) is 0 Å². The van der Waals surface area contributed by atoms with Crippen molar-refractivity contribution in [1.82, 2.24) is 9.47 Å². The van der Waals surface area contributed by atoms with Gasteiger partial charge in [0.05, 0.1) is 31.7 Å². The molecule has 7 nitrogen and oxygen atoms in total. The van der Waals surface area contributed by atoms with E-state index >= 15 is 0 Å². The fourth-order valence-electron chi connectivity index (χ4n) is 5.79. The van der Waals surface area contributed by atoms with Crippen molar-refractivity contribution in [3.63, 3.8) is 0 Å². The number of carbonyl (C=O) groups is 1. The van der Waals surface area contributed by atoms with Crippen LogP contribution >= 0.6 is 0 Å². The highest BCUT2D eigenvalue weighted by molar-refractivity contribution is 5.97. The molecule has 2 fully saturated rings. The van der Waals surface area contributed by atoms with Gasteiger partial charge in [-0.3, -0.25) is 4.79 Å². The maximum atomic E-state index is 14.1. The number of nitrogens with zero attached hydrogens (tertiary/aromatic N) is 4. The van der Waals surface area contributed by atoms with Gasteiger partial charge in [0.1, 0.15) is 11.4 Å². The predicted molar refractivity (Wildman–Crippen MR) is 148 cm³/mol. The van der Waals surface area contributed by atoms with Gasteiger partial charge < -0.3 is 28.7 Å². The molecule has 196 valence electrons. The molecule has 2 saturated heterocycles. The van der Waals surface area contributed by atoms with E-state index in [-0.39, 0.29) is 5.91 Å². The summed E-state index contributed by atoms with van der Waals surface area (Å²) in [6, 6.07) is 16.7. The Hall–Kier alpha value is -3.45. The first kappa shape index (κ1) is 25.2. The number of aromatic nitrogens is 1. The number of hydrogen-bond donors (Lipinski definition) is 0. The van der Waals surface area contributed by atoms with Crippen molar-refractivity contribution in [3.05, 3.63) is 76.6 Å². The molecule has 2 aliphatic heterocycles. The first-order valence-corrected chi connectivity index (χ1v) is 13.2. The second-order valence-corrected chi connectivity index (χ2v) is 10.0. The fraction of sp³-hybridized carbons (Fsp3) is 0.433. The molecule has 2 aromatic carbocycles. The smallest absolute Gasteiger partial charge is 0.270 e. The van der Waals surface area contributed by atoms with Gasteiger partial charge in [-0.2, -0.15) is 0 Å². The van der Waals surface area contributed by atoms with Gasteiger partial charge in [0, 0.05) is 57.1 Å². The van der Waals surface area contributed by atoms with Crippen molar-refractivity contribution in [1.29, 1.82) is 0 Å². The van der Waals surface area contributed by atoms with Crippen molar-refractivity contribution in [2.75, 3.05) is 69.4 Å². The molecule has 37 heavy (non-hydrogen) atoms. The first-order chi connectivity index (χ1) is 18.0. The molecule has 0 N–H and O–H groups in total. The zero-order chi connectivity index (χ0) is 25.9. The molecule has 0 unspecified atom stereocenters. The minimum absolute atomic E-state index is 0.118. The topological polar surface area (TPSA) is 50.2 Å². The van der Waals surface area contributed by atoms with Crippen molar-refractivity contribution < 1.29 is 14.3 Å². The molecule has 0 spiro atoms. The number of para-hydroxylation sites is 2. The Bertz CT molecular complexity index is 1250. The normalized spacial score (nSPS) is 16.3. The van der Waals surface area contributed by atoms with Crippen LogP contribution in [0.5, 0.6) is 5.75 Å². The van der Waals surface area contributed by atoms with E-state index in [0.29, 0.717) is 19.6 Å². The molecular weight excluding hydrogens is 464 g/mol. The zero-order valence-corrected chi connectivity index (χ0v) is 22.5. The molecule has 0 atom stereocenters. The maximum Gasteiger partial charge on any atom is 0.270 e. The molecule has 5 rings (SSSR count). The summed E-state index contributed by atoms with van der Waals surface area (Å²) in [5, 5.41) is 0. The van der Waals surface area contributed by atoms with E-state index in [0.717, 1.165) is 67.8 Å². The summed E-state index contributed by atoms with van der Waals surface area (Å²) < 4.78 is 13.4. The Labute approximate surface area is 220 Å². The largest absolute Gasteiger partial charge is 0.495 e. The molecule has 1 amide bonds. The van der Waals surface area contributed by atoms with Crippen LogP contribution < -0.4 is 14.5 Å². The van der Waals surface area contributed by atoms with Crippen LogP contribution in [0.25, 0.3) is 0 Å². The van der Waals surface area contributed by atoms with Crippen LogP contribution in [0.4, 0.5) is 11.4 Å². The number of anilines is 2. The Morgan fingerprint density at radius 1 is 0.892 bits per heavy atom. The number of piperazine rings is 1. The quantitative estimate of drug-likeness (QED) is 0.504. The summed E-state index contributed by atoms with van der Waals surface area (Å²) >= 11 is 0. The van der Waals surface area contributed by atoms with Gasteiger partial charge in [-0.15, -0.1) is 0 Å². The van der Waals surface area contributed by atoms with E-state index < -0.39 is 0 Å². The number of methoxy groups -OCH3 is 1. The highest BCUT2D eigenvalue weighted by Gasteiger charge is 2.31. The molecule has 3 heterocycles.